The maximum Gasteiger partial charge on any atom is 0.149 e. The van der Waals surface area contributed by atoms with Gasteiger partial charge in [-0.25, -0.2) is 4.39 Å². The molecule has 0 amide bonds. The van der Waals surface area contributed by atoms with Crippen LogP contribution >= 0.6 is 15.9 Å². The van der Waals surface area contributed by atoms with Gasteiger partial charge >= 0.3 is 0 Å². The molecule has 0 aliphatic heterocycles. The van der Waals surface area contributed by atoms with Crippen molar-refractivity contribution in [3.05, 3.63) is 52.9 Å². The Hall–Kier alpha value is -1.22. The lowest BCUT2D eigenvalue weighted by atomic mass is 10.1. The van der Waals surface area contributed by atoms with E-state index in [1.54, 1.807) is 30.5 Å². The van der Waals surface area contributed by atoms with Gasteiger partial charge in [-0.2, -0.15) is 0 Å². The van der Waals surface area contributed by atoms with Crippen molar-refractivity contribution in [1.29, 1.82) is 0 Å². The maximum atomic E-state index is 13.3. The summed E-state index contributed by atoms with van der Waals surface area (Å²) in [6.07, 6.45) is 1.57. The molecule has 2 aromatic rings. The van der Waals surface area contributed by atoms with Gasteiger partial charge in [-0.05, 0) is 24.3 Å². The van der Waals surface area contributed by atoms with E-state index in [-0.39, 0.29) is 5.82 Å². The Labute approximate surface area is 89.7 Å². The number of hydrogen-bond donors (Lipinski definition) is 0. The normalized spacial score (nSPS) is 10.1. The van der Waals surface area contributed by atoms with Crippen molar-refractivity contribution < 1.29 is 4.39 Å². The van der Waals surface area contributed by atoms with Crippen LogP contribution in [0.2, 0.25) is 0 Å². The van der Waals surface area contributed by atoms with E-state index in [1.165, 1.54) is 6.07 Å². The Morgan fingerprint density at radius 3 is 2.93 bits per heavy atom. The van der Waals surface area contributed by atoms with Gasteiger partial charge in [0.2, 0.25) is 0 Å². The van der Waals surface area contributed by atoms with Crippen LogP contribution in [0.15, 0.2) is 41.0 Å². The summed E-state index contributed by atoms with van der Waals surface area (Å²) >= 11 is 3.28. The van der Waals surface area contributed by atoms with Crippen LogP contribution in [0.25, 0.3) is 11.3 Å². The third-order valence-electron chi connectivity index (χ3n) is 1.80. The predicted octanol–water partition coefficient (Wildman–Crippen LogP) is 3.45. The summed E-state index contributed by atoms with van der Waals surface area (Å²) in [5, 5.41) is 0. The molecule has 0 saturated heterocycles. The van der Waals surface area contributed by atoms with Crippen molar-refractivity contribution in [2.75, 3.05) is 0 Å². The maximum absolute atomic E-state index is 13.3. The molecule has 0 unspecified atom stereocenters. The largest absolute Gasteiger partial charge is 0.253 e. The quantitative estimate of drug-likeness (QED) is 0.756. The minimum absolute atomic E-state index is 0.314. The van der Waals surface area contributed by atoms with Crippen molar-refractivity contribution in [2.45, 2.75) is 0 Å². The SMILES string of the molecule is Fc1cccnc1-c1cc[c]c(Br)c1. The van der Waals surface area contributed by atoms with Crippen LogP contribution in [0.3, 0.4) is 0 Å². The lowest BCUT2D eigenvalue weighted by Gasteiger charge is -2.01. The van der Waals surface area contributed by atoms with Crippen LogP contribution in [0, 0.1) is 11.9 Å². The average molecular weight is 251 g/mol. The first kappa shape index (κ1) is 9.34. The standard InChI is InChI=1S/C11H6BrFN/c12-9-4-1-3-8(7-9)11-10(13)5-2-6-14-11/h1-3,5-7H. The van der Waals surface area contributed by atoms with Gasteiger partial charge < -0.3 is 0 Å². The molecule has 1 heterocycles. The smallest absolute Gasteiger partial charge is 0.149 e. The van der Waals surface area contributed by atoms with E-state index in [0.717, 1.165) is 10.0 Å². The topological polar surface area (TPSA) is 12.9 Å². The summed E-state index contributed by atoms with van der Waals surface area (Å²) in [4.78, 5) is 3.98. The number of benzene rings is 1. The Balaban J connectivity index is 2.55. The second kappa shape index (κ2) is 3.88. The predicted molar refractivity (Wildman–Crippen MR) is 56.2 cm³/mol. The fraction of sp³-hybridized carbons (Fsp3) is 0. The van der Waals surface area contributed by atoms with E-state index in [9.17, 15) is 4.39 Å². The van der Waals surface area contributed by atoms with Gasteiger partial charge in [0.05, 0.1) is 0 Å². The Bertz CT molecular complexity index is 457. The van der Waals surface area contributed by atoms with Crippen LogP contribution in [-0.4, -0.2) is 4.98 Å². The van der Waals surface area contributed by atoms with Crippen LogP contribution in [0.4, 0.5) is 4.39 Å². The molecule has 0 fully saturated rings. The molecule has 1 radical (unpaired) electrons. The fourth-order valence-electron chi connectivity index (χ4n) is 1.18. The van der Waals surface area contributed by atoms with Crippen LogP contribution in [0.1, 0.15) is 0 Å². The average Bonchev–Trinajstić information content (AvgIpc) is 2.18. The Kier molecular flexibility index (Phi) is 2.59. The molecule has 0 spiro atoms. The summed E-state index contributed by atoms with van der Waals surface area (Å²) in [5.74, 6) is -0.314. The van der Waals surface area contributed by atoms with Gasteiger partial charge in [-0.1, -0.05) is 28.1 Å². The monoisotopic (exact) mass is 250 g/mol. The molecule has 0 atom stereocenters. The van der Waals surface area contributed by atoms with Crippen LogP contribution in [0.5, 0.6) is 0 Å². The molecule has 1 aromatic heterocycles. The van der Waals surface area contributed by atoms with Gasteiger partial charge in [0, 0.05) is 16.2 Å². The number of aromatic nitrogens is 1. The lowest BCUT2D eigenvalue weighted by molar-refractivity contribution is 0.626. The van der Waals surface area contributed by atoms with Crippen LogP contribution < -0.4 is 0 Å². The van der Waals surface area contributed by atoms with E-state index >= 15 is 0 Å². The molecule has 1 aromatic carbocycles. The molecule has 0 saturated carbocycles. The van der Waals surface area contributed by atoms with Crippen molar-refractivity contribution >= 4 is 15.9 Å². The highest BCUT2D eigenvalue weighted by atomic mass is 79.9. The number of pyridine rings is 1. The molecule has 14 heavy (non-hydrogen) atoms. The van der Waals surface area contributed by atoms with E-state index < -0.39 is 0 Å². The molecule has 0 N–H and O–H groups in total. The summed E-state index contributed by atoms with van der Waals surface area (Å²) < 4.78 is 14.1. The zero-order chi connectivity index (χ0) is 9.97. The van der Waals surface area contributed by atoms with E-state index in [1.807, 2.05) is 0 Å². The van der Waals surface area contributed by atoms with Gasteiger partial charge in [-0.3, -0.25) is 4.98 Å². The Morgan fingerprint density at radius 1 is 1.36 bits per heavy atom. The lowest BCUT2D eigenvalue weighted by Crippen LogP contribution is -1.87. The molecule has 2 rings (SSSR count). The Morgan fingerprint density at radius 2 is 2.21 bits per heavy atom. The van der Waals surface area contributed by atoms with Crippen LogP contribution in [-0.2, 0) is 0 Å². The highest BCUT2D eigenvalue weighted by Gasteiger charge is 2.05. The summed E-state index contributed by atoms with van der Waals surface area (Å²) in [6, 6.07) is 11.2. The molecular formula is C11H6BrFN. The van der Waals surface area contributed by atoms with Crippen molar-refractivity contribution in [2.24, 2.45) is 0 Å². The molecule has 3 heteroatoms. The summed E-state index contributed by atoms with van der Waals surface area (Å²) in [6.45, 7) is 0. The third-order valence-corrected chi connectivity index (χ3v) is 2.26. The fourth-order valence-corrected chi connectivity index (χ4v) is 1.56. The second-order valence-corrected chi connectivity index (χ2v) is 3.61. The first-order valence-electron chi connectivity index (χ1n) is 4.05. The second-order valence-electron chi connectivity index (χ2n) is 2.76. The number of rotatable bonds is 1. The van der Waals surface area contributed by atoms with Gasteiger partial charge in [0.15, 0.2) is 0 Å². The highest BCUT2D eigenvalue weighted by molar-refractivity contribution is 9.10. The molecule has 0 aliphatic carbocycles. The van der Waals surface area contributed by atoms with E-state index in [0.29, 0.717) is 5.69 Å². The minimum atomic E-state index is -0.314. The number of hydrogen-bond acceptors (Lipinski definition) is 1. The van der Waals surface area contributed by atoms with Crippen molar-refractivity contribution in [1.82, 2.24) is 4.98 Å². The van der Waals surface area contributed by atoms with Crippen molar-refractivity contribution in [3.63, 3.8) is 0 Å². The van der Waals surface area contributed by atoms with Gasteiger partial charge in [0.1, 0.15) is 11.5 Å². The van der Waals surface area contributed by atoms with Gasteiger partial charge in [0.25, 0.3) is 0 Å². The molecule has 69 valence electrons. The van der Waals surface area contributed by atoms with Gasteiger partial charge in [-0.15, -0.1) is 0 Å². The third kappa shape index (κ3) is 1.82. The molecule has 0 aliphatic rings. The molecule has 1 nitrogen and oxygen atoms in total. The first-order chi connectivity index (χ1) is 6.77. The zero-order valence-electron chi connectivity index (χ0n) is 7.17. The highest BCUT2D eigenvalue weighted by Crippen LogP contribution is 2.22. The number of halogens is 2. The van der Waals surface area contributed by atoms with Crippen molar-refractivity contribution in [3.8, 4) is 11.3 Å². The van der Waals surface area contributed by atoms with E-state index in [4.69, 9.17) is 0 Å². The molecule has 0 bridgehead atoms. The summed E-state index contributed by atoms with van der Waals surface area (Å²) in [7, 11) is 0. The molecular weight excluding hydrogens is 245 g/mol. The first-order valence-corrected chi connectivity index (χ1v) is 4.85. The minimum Gasteiger partial charge on any atom is -0.253 e. The zero-order valence-corrected chi connectivity index (χ0v) is 8.75. The summed E-state index contributed by atoms with van der Waals surface area (Å²) in [5.41, 5.74) is 1.11. The van der Waals surface area contributed by atoms with E-state index in [2.05, 4.69) is 27.0 Å². The number of nitrogens with zero attached hydrogens (tertiary/aromatic N) is 1.